The first-order valence-electron chi connectivity index (χ1n) is 5.12. The summed E-state index contributed by atoms with van der Waals surface area (Å²) in [5, 5.41) is 0. The zero-order valence-corrected chi connectivity index (χ0v) is 10.4. The summed E-state index contributed by atoms with van der Waals surface area (Å²) in [5.41, 5.74) is 12.5. The van der Waals surface area contributed by atoms with Gasteiger partial charge in [-0.05, 0) is 31.0 Å². The second kappa shape index (κ2) is 4.95. The van der Waals surface area contributed by atoms with Crippen LogP contribution in [0, 0.1) is 0 Å². The Bertz CT molecular complexity index is 438. The van der Waals surface area contributed by atoms with Gasteiger partial charge >= 0.3 is 0 Å². The van der Waals surface area contributed by atoms with Crippen LogP contribution in [-0.4, -0.2) is 20.7 Å². The van der Waals surface area contributed by atoms with Crippen molar-refractivity contribution in [2.75, 3.05) is 6.26 Å². The summed E-state index contributed by atoms with van der Waals surface area (Å²) in [4.78, 5) is 0.309. The highest BCUT2D eigenvalue weighted by Crippen LogP contribution is 2.17. The van der Waals surface area contributed by atoms with E-state index in [0.717, 1.165) is 5.56 Å². The summed E-state index contributed by atoms with van der Waals surface area (Å²) < 4.78 is 22.5. The van der Waals surface area contributed by atoms with E-state index < -0.39 is 9.84 Å². The molecule has 90 valence electrons. The van der Waals surface area contributed by atoms with Crippen molar-refractivity contribution < 1.29 is 8.42 Å². The zero-order valence-electron chi connectivity index (χ0n) is 9.55. The van der Waals surface area contributed by atoms with Gasteiger partial charge in [0.1, 0.15) is 0 Å². The fourth-order valence-electron chi connectivity index (χ4n) is 1.50. The highest BCUT2D eigenvalue weighted by Gasteiger charge is 2.10. The third-order valence-corrected chi connectivity index (χ3v) is 3.49. The summed E-state index contributed by atoms with van der Waals surface area (Å²) in [6.45, 7) is 1.89. The molecule has 1 aromatic carbocycles. The van der Waals surface area contributed by atoms with Crippen LogP contribution in [-0.2, 0) is 9.84 Å². The van der Waals surface area contributed by atoms with Crippen molar-refractivity contribution in [3.63, 3.8) is 0 Å². The molecule has 5 heteroatoms. The zero-order chi connectivity index (χ0) is 12.3. The van der Waals surface area contributed by atoms with E-state index in [1.807, 2.05) is 6.92 Å². The molecule has 4 N–H and O–H groups in total. The van der Waals surface area contributed by atoms with Gasteiger partial charge in [-0.2, -0.15) is 0 Å². The Kier molecular flexibility index (Phi) is 4.07. The van der Waals surface area contributed by atoms with Crippen LogP contribution < -0.4 is 11.5 Å². The van der Waals surface area contributed by atoms with Crippen molar-refractivity contribution in [2.24, 2.45) is 11.5 Å². The predicted octanol–water partition coefficient (Wildman–Crippen LogP) is 0.827. The SMILES string of the molecule is CC(N)CC(N)c1ccc(S(C)(=O)=O)cc1. The first kappa shape index (κ1) is 13.2. The van der Waals surface area contributed by atoms with Crippen molar-refractivity contribution in [3.05, 3.63) is 29.8 Å². The Morgan fingerprint density at radius 2 is 1.69 bits per heavy atom. The number of hydrogen-bond acceptors (Lipinski definition) is 4. The Balaban J connectivity index is 2.87. The average molecular weight is 242 g/mol. The molecule has 0 heterocycles. The fourth-order valence-corrected chi connectivity index (χ4v) is 2.13. The lowest BCUT2D eigenvalue weighted by Crippen LogP contribution is -2.23. The smallest absolute Gasteiger partial charge is 0.175 e. The van der Waals surface area contributed by atoms with Gasteiger partial charge < -0.3 is 11.5 Å². The maximum atomic E-state index is 11.2. The minimum atomic E-state index is -3.13. The molecule has 0 bridgehead atoms. The summed E-state index contributed by atoms with van der Waals surface area (Å²) in [7, 11) is -3.13. The van der Waals surface area contributed by atoms with E-state index in [1.165, 1.54) is 6.26 Å². The van der Waals surface area contributed by atoms with Crippen molar-refractivity contribution in [2.45, 2.75) is 30.3 Å². The summed E-state index contributed by atoms with van der Waals surface area (Å²) in [5.74, 6) is 0. The topological polar surface area (TPSA) is 86.2 Å². The Morgan fingerprint density at radius 1 is 1.19 bits per heavy atom. The van der Waals surface area contributed by atoms with Crippen molar-refractivity contribution in [1.82, 2.24) is 0 Å². The number of nitrogens with two attached hydrogens (primary N) is 2. The largest absolute Gasteiger partial charge is 0.328 e. The monoisotopic (exact) mass is 242 g/mol. The van der Waals surface area contributed by atoms with Crippen LogP contribution in [0.3, 0.4) is 0 Å². The maximum Gasteiger partial charge on any atom is 0.175 e. The number of rotatable bonds is 4. The minimum absolute atomic E-state index is 0.0320. The quantitative estimate of drug-likeness (QED) is 0.818. The molecule has 0 saturated heterocycles. The molecular weight excluding hydrogens is 224 g/mol. The van der Waals surface area contributed by atoms with Gasteiger partial charge in [-0.1, -0.05) is 12.1 Å². The van der Waals surface area contributed by atoms with Crippen LogP contribution in [0.15, 0.2) is 29.2 Å². The van der Waals surface area contributed by atoms with Gasteiger partial charge in [0.25, 0.3) is 0 Å². The van der Waals surface area contributed by atoms with Crippen LogP contribution in [0.4, 0.5) is 0 Å². The van der Waals surface area contributed by atoms with E-state index in [9.17, 15) is 8.42 Å². The van der Waals surface area contributed by atoms with Crippen LogP contribution in [0.1, 0.15) is 24.9 Å². The second-order valence-electron chi connectivity index (χ2n) is 4.16. The molecule has 0 amide bonds. The van der Waals surface area contributed by atoms with Gasteiger partial charge in [-0.3, -0.25) is 0 Å². The van der Waals surface area contributed by atoms with Gasteiger partial charge in [0, 0.05) is 18.3 Å². The molecule has 0 saturated carbocycles. The van der Waals surface area contributed by atoms with E-state index in [2.05, 4.69) is 0 Å². The third kappa shape index (κ3) is 3.59. The van der Waals surface area contributed by atoms with Crippen LogP contribution in [0.2, 0.25) is 0 Å². The molecule has 2 atom stereocenters. The number of sulfone groups is 1. The molecule has 0 aliphatic rings. The average Bonchev–Trinajstić information content (AvgIpc) is 2.15. The molecule has 0 aromatic heterocycles. The molecule has 0 fully saturated rings. The molecule has 0 spiro atoms. The predicted molar refractivity (Wildman–Crippen MR) is 64.7 cm³/mol. The molecule has 1 aromatic rings. The molecule has 4 nitrogen and oxygen atoms in total. The van der Waals surface area contributed by atoms with Gasteiger partial charge in [0.2, 0.25) is 0 Å². The Hall–Kier alpha value is -0.910. The Morgan fingerprint density at radius 3 is 2.06 bits per heavy atom. The van der Waals surface area contributed by atoms with Crippen molar-refractivity contribution >= 4 is 9.84 Å². The van der Waals surface area contributed by atoms with E-state index in [4.69, 9.17) is 11.5 Å². The molecular formula is C11H18N2O2S. The maximum absolute atomic E-state index is 11.2. The van der Waals surface area contributed by atoms with Gasteiger partial charge in [-0.25, -0.2) is 8.42 Å². The first-order valence-corrected chi connectivity index (χ1v) is 7.01. The lowest BCUT2D eigenvalue weighted by molar-refractivity contribution is 0.567. The van der Waals surface area contributed by atoms with E-state index in [0.29, 0.717) is 11.3 Å². The summed E-state index contributed by atoms with van der Waals surface area (Å²) in [6.07, 6.45) is 1.86. The lowest BCUT2D eigenvalue weighted by atomic mass is 10.0. The Labute approximate surface area is 96.6 Å². The normalized spacial score (nSPS) is 15.8. The highest BCUT2D eigenvalue weighted by atomic mass is 32.2. The fraction of sp³-hybridized carbons (Fsp3) is 0.455. The third-order valence-electron chi connectivity index (χ3n) is 2.36. The molecule has 2 unspecified atom stereocenters. The molecule has 0 aliphatic carbocycles. The molecule has 0 aliphatic heterocycles. The number of benzene rings is 1. The van der Waals surface area contributed by atoms with Crippen LogP contribution >= 0.6 is 0 Å². The summed E-state index contributed by atoms with van der Waals surface area (Å²) in [6, 6.07) is 6.52. The van der Waals surface area contributed by atoms with Gasteiger partial charge in [0.15, 0.2) is 9.84 Å². The van der Waals surface area contributed by atoms with E-state index in [-0.39, 0.29) is 12.1 Å². The lowest BCUT2D eigenvalue weighted by Gasteiger charge is -2.14. The molecule has 0 radical (unpaired) electrons. The van der Waals surface area contributed by atoms with Crippen molar-refractivity contribution in [3.8, 4) is 0 Å². The minimum Gasteiger partial charge on any atom is -0.328 e. The first-order chi connectivity index (χ1) is 7.30. The van der Waals surface area contributed by atoms with Crippen LogP contribution in [0.5, 0.6) is 0 Å². The van der Waals surface area contributed by atoms with Gasteiger partial charge in [0.05, 0.1) is 4.90 Å². The second-order valence-corrected chi connectivity index (χ2v) is 6.18. The standard InChI is InChI=1S/C11H18N2O2S/c1-8(12)7-11(13)9-3-5-10(6-4-9)16(2,14)15/h3-6,8,11H,7,12-13H2,1-2H3. The van der Waals surface area contributed by atoms with Crippen LogP contribution in [0.25, 0.3) is 0 Å². The van der Waals surface area contributed by atoms with E-state index >= 15 is 0 Å². The molecule has 16 heavy (non-hydrogen) atoms. The van der Waals surface area contributed by atoms with Crippen molar-refractivity contribution in [1.29, 1.82) is 0 Å². The van der Waals surface area contributed by atoms with E-state index in [1.54, 1.807) is 24.3 Å². The number of hydrogen-bond donors (Lipinski definition) is 2. The summed E-state index contributed by atoms with van der Waals surface area (Å²) >= 11 is 0. The molecule has 1 rings (SSSR count). The van der Waals surface area contributed by atoms with Gasteiger partial charge in [-0.15, -0.1) is 0 Å². The highest BCUT2D eigenvalue weighted by molar-refractivity contribution is 7.90.